The Labute approximate surface area is 125 Å². The van der Waals surface area contributed by atoms with E-state index < -0.39 is 0 Å². The minimum Gasteiger partial charge on any atom is -0.329 e. The molecule has 3 heterocycles. The number of fused-ring (bicyclic) bond motifs is 3. The zero-order valence-electron chi connectivity index (χ0n) is 11.0. The molecule has 0 radical (unpaired) electrons. The van der Waals surface area contributed by atoms with Crippen LogP contribution >= 0.6 is 12.2 Å². The maximum Gasteiger partial charge on any atom is 0.178 e. The first-order chi connectivity index (χ1) is 10.3. The number of hydrogen-bond donors (Lipinski definition) is 1. The Bertz CT molecular complexity index is 987. The van der Waals surface area contributed by atoms with E-state index in [9.17, 15) is 0 Å². The lowest BCUT2D eigenvalue weighted by atomic mass is 10.2. The summed E-state index contributed by atoms with van der Waals surface area (Å²) in [7, 11) is 0. The monoisotopic (exact) mass is 293 g/mol. The molecule has 3 aromatic heterocycles. The lowest BCUT2D eigenvalue weighted by Gasteiger charge is -2.05. The number of nitrogens with one attached hydrogen (secondary N) is 1. The van der Waals surface area contributed by atoms with E-state index in [0.717, 1.165) is 27.6 Å². The largest absolute Gasteiger partial charge is 0.329 e. The van der Waals surface area contributed by atoms with Gasteiger partial charge in [0.1, 0.15) is 0 Å². The highest BCUT2D eigenvalue weighted by molar-refractivity contribution is 7.71. The van der Waals surface area contributed by atoms with Gasteiger partial charge in [-0.3, -0.25) is 4.98 Å². The van der Waals surface area contributed by atoms with E-state index >= 15 is 0 Å². The molecule has 4 rings (SSSR count). The SMILES string of the molecule is S=c1[nH]c2cnc3ccccc3c2n1Cc1cccnn1. The molecular formula is C15H11N5S. The highest BCUT2D eigenvalue weighted by atomic mass is 32.1. The van der Waals surface area contributed by atoms with Gasteiger partial charge >= 0.3 is 0 Å². The molecule has 5 nitrogen and oxygen atoms in total. The predicted octanol–water partition coefficient (Wildman–Crippen LogP) is 3.09. The molecule has 0 aliphatic carbocycles. The maximum absolute atomic E-state index is 5.45. The van der Waals surface area contributed by atoms with Gasteiger partial charge in [-0.2, -0.15) is 10.2 Å². The number of hydrogen-bond acceptors (Lipinski definition) is 4. The van der Waals surface area contributed by atoms with Crippen LogP contribution in [0.1, 0.15) is 5.69 Å². The third-order valence-electron chi connectivity index (χ3n) is 3.45. The molecule has 1 aromatic carbocycles. The van der Waals surface area contributed by atoms with Gasteiger partial charge in [-0.1, -0.05) is 18.2 Å². The van der Waals surface area contributed by atoms with Crippen molar-refractivity contribution in [3.05, 3.63) is 59.3 Å². The van der Waals surface area contributed by atoms with Gasteiger partial charge in [0, 0.05) is 11.6 Å². The second-order valence-corrected chi connectivity index (χ2v) is 5.16. The fourth-order valence-corrected chi connectivity index (χ4v) is 2.79. The molecule has 0 amide bonds. The van der Waals surface area contributed by atoms with E-state index in [2.05, 4.69) is 26.2 Å². The average Bonchev–Trinajstić information content (AvgIpc) is 2.85. The third-order valence-corrected chi connectivity index (χ3v) is 3.77. The Hall–Kier alpha value is -2.60. The molecule has 0 spiro atoms. The van der Waals surface area contributed by atoms with Crippen LogP contribution in [0.15, 0.2) is 48.8 Å². The van der Waals surface area contributed by atoms with E-state index in [1.165, 1.54) is 0 Å². The first-order valence-electron chi connectivity index (χ1n) is 6.56. The highest BCUT2D eigenvalue weighted by Crippen LogP contribution is 2.23. The van der Waals surface area contributed by atoms with Crippen molar-refractivity contribution >= 4 is 34.2 Å². The summed E-state index contributed by atoms with van der Waals surface area (Å²) in [6.45, 7) is 0.584. The van der Waals surface area contributed by atoms with Gasteiger partial charge in [-0.25, -0.2) is 0 Å². The van der Waals surface area contributed by atoms with Crippen molar-refractivity contribution in [3.63, 3.8) is 0 Å². The Kier molecular flexibility index (Phi) is 2.75. The number of aromatic nitrogens is 5. The quantitative estimate of drug-likeness (QED) is 0.577. The van der Waals surface area contributed by atoms with Crippen LogP contribution in [0.5, 0.6) is 0 Å². The molecule has 0 saturated heterocycles. The molecule has 0 saturated carbocycles. The fraction of sp³-hybridized carbons (Fsp3) is 0.0667. The molecule has 0 fully saturated rings. The minimum absolute atomic E-state index is 0.584. The lowest BCUT2D eigenvalue weighted by molar-refractivity contribution is 0.764. The molecule has 0 aliphatic rings. The predicted molar refractivity (Wildman–Crippen MR) is 83.6 cm³/mol. The standard InChI is InChI=1S/C15H11N5S/c21-15-18-13-8-16-12-6-2-1-5-11(12)14(13)20(15)9-10-4-3-7-17-19-10/h1-8H,9H2,(H,18,21). The molecular weight excluding hydrogens is 282 g/mol. The lowest BCUT2D eigenvalue weighted by Crippen LogP contribution is -2.03. The van der Waals surface area contributed by atoms with Crippen molar-refractivity contribution in [3.8, 4) is 0 Å². The normalized spacial score (nSPS) is 11.2. The van der Waals surface area contributed by atoms with Crippen LogP contribution in [0.3, 0.4) is 0 Å². The Balaban J connectivity index is 2.01. The van der Waals surface area contributed by atoms with Crippen molar-refractivity contribution in [2.45, 2.75) is 6.54 Å². The van der Waals surface area contributed by atoms with Gasteiger partial charge in [0.25, 0.3) is 0 Å². The summed E-state index contributed by atoms with van der Waals surface area (Å²) in [5.74, 6) is 0. The Morgan fingerprint density at radius 3 is 2.90 bits per heavy atom. The maximum atomic E-state index is 5.45. The van der Waals surface area contributed by atoms with E-state index in [0.29, 0.717) is 11.3 Å². The van der Waals surface area contributed by atoms with Crippen molar-refractivity contribution in [1.29, 1.82) is 0 Å². The molecule has 0 bridgehead atoms. The summed E-state index contributed by atoms with van der Waals surface area (Å²) in [6, 6.07) is 11.9. The smallest absolute Gasteiger partial charge is 0.178 e. The molecule has 0 atom stereocenters. The number of pyridine rings is 1. The molecule has 1 N–H and O–H groups in total. The number of benzene rings is 1. The van der Waals surface area contributed by atoms with Crippen LogP contribution in [0.2, 0.25) is 0 Å². The Morgan fingerprint density at radius 2 is 2.05 bits per heavy atom. The summed E-state index contributed by atoms with van der Waals surface area (Å²) in [5.41, 5.74) is 3.81. The zero-order valence-corrected chi connectivity index (χ0v) is 11.8. The van der Waals surface area contributed by atoms with E-state index in [1.54, 1.807) is 6.20 Å². The average molecular weight is 293 g/mol. The molecule has 4 aromatic rings. The number of H-pyrrole nitrogens is 1. The number of imidazole rings is 1. The van der Waals surface area contributed by atoms with Gasteiger partial charge in [0.05, 0.1) is 35.0 Å². The van der Waals surface area contributed by atoms with Crippen LogP contribution in [-0.2, 0) is 6.54 Å². The minimum atomic E-state index is 0.584. The number of rotatable bonds is 2. The van der Waals surface area contributed by atoms with Crippen molar-refractivity contribution in [2.75, 3.05) is 0 Å². The van der Waals surface area contributed by atoms with Gasteiger partial charge < -0.3 is 9.55 Å². The molecule has 21 heavy (non-hydrogen) atoms. The Morgan fingerprint density at radius 1 is 1.14 bits per heavy atom. The van der Waals surface area contributed by atoms with Crippen molar-refractivity contribution < 1.29 is 0 Å². The van der Waals surface area contributed by atoms with Crippen LogP contribution < -0.4 is 0 Å². The van der Waals surface area contributed by atoms with Gasteiger partial charge in [0.15, 0.2) is 4.77 Å². The van der Waals surface area contributed by atoms with Gasteiger partial charge in [-0.05, 0) is 30.4 Å². The molecule has 6 heteroatoms. The van der Waals surface area contributed by atoms with E-state index in [1.807, 2.05) is 41.1 Å². The van der Waals surface area contributed by atoms with Gasteiger partial charge in [-0.15, -0.1) is 0 Å². The summed E-state index contributed by atoms with van der Waals surface area (Å²) in [4.78, 5) is 7.66. The summed E-state index contributed by atoms with van der Waals surface area (Å²) in [5, 5.41) is 9.13. The van der Waals surface area contributed by atoms with E-state index in [4.69, 9.17) is 12.2 Å². The first kappa shape index (κ1) is 12.2. The van der Waals surface area contributed by atoms with Gasteiger partial charge in [0.2, 0.25) is 0 Å². The topological polar surface area (TPSA) is 59.4 Å². The molecule has 0 aliphatic heterocycles. The van der Waals surface area contributed by atoms with E-state index in [-0.39, 0.29) is 0 Å². The van der Waals surface area contributed by atoms with Crippen molar-refractivity contribution in [1.82, 2.24) is 24.7 Å². The third kappa shape index (κ3) is 2.00. The second kappa shape index (κ2) is 4.75. The summed E-state index contributed by atoms with van der Waals surface area (Å²) < 4.78 is 2.70. The number of aromatic amines is 1. The van der Waals surface area contributed by atoms with Crippen LogP contribution in [0, 0.1) is 4.77 Å². The van der Waals surface area contributed by atoms with Crippen molar-refractivity contribution in [2.24, 2.45) is 0 Å². The number of nitrogens with zero attached hydrogens (tertiary/aromatic N) is 4. The zero-order chi connectivity index (χ0) is 14.2. The fourth-order valence-electron chi connectivity index (χ4n) is 2.52. The second-order valence-electron chi connectivity index (χ2n) is 4.77. The van der Waals surface area contributed by atoms with Crippen LogP contribution in [0.25, 0.3) is 21.9 Å². The van der Waals surface area contributed by atoms with Crippen LogP contribution in [-0.4, -0.2) is 24.7 Å². The van der Waals surface area contributed by atoms with Crippen LogP contribution in [0.4, 0.5) is 0 Å². The highest BCUT2D eigenvalue weighted by Gasteiger charge is 2.10. The molecule has 0 unspecified atom stereocenters. The first-order valence-corrected chi connectivity index (χ1v) is 6.96. The number of para-hydroxylation sites is 1. The summed E-state index contributed by atoms with van der Waals surface area (Å²) >= 11 is 5.45. The molecule has 102 valence electrons. The summed E-state index contributed by atoms with van der Waals surface area (Å²) in [6.07, 6.45) is 3.48.